The summed E-state index contributed by atoms with van der Waals surface area (Å²) in [6, 6.07) is 14.3. The number of hydrogen-bond acceptors (Lipinski definition) is 2. The van der Waals surface area contributed by atoms with E-state index in [1.807, 2.05) is 30.3 Å². The molecular formula is C19H28N2O. The number of aliphatic hydroxyl groups excluding tert-OH is 1. The fraction of sp³-hybridized carbons (Fsp3) is 0.474. The lowest BCUT2D eigenvalue weighted by Gasteiger charge is -2.32. The Morgan fingerprint density at radius 1 is 1.14 bits per heavy atom. The molecule has 22 heavy (non-hydrogen) atoms. The highest BCUT2D eigenvalue weighted by molar-refractivity contribution is 5.19. The molecule has 2 atom stereocenters. The molecule has 3 heteroatoms. The number of aryl methyl sites for hydroxylation is 1. The SMILES string of the molecule is CCCCN(Cc1cccn1C)[C@@H](C)[C@H](O)c1ccccc1. The molecule has 0 aliphatic carbocycles. The highest BCUT2D eigenvalue weighted by atomic mass is 16.3. The lowest BCUT2D eigenvalue weighted by atomic mass is 10.0. The average Bonchev–Trinajstić information content (AvgIpc) is 2.95. The smallest absolute Gasteiger partial charge is 0.0942 e. The Kier molecular flexibility index (Phi) is 6.22. The van der Waals surface area contributed by atoms with Gasteiger partial charge >= 0.3 is 0 Å². The molecule has 0 spiro atoms. The zero-order valence-electron chi connectivity index (χ0n) is 13.9. The summed E-state index contributed by atoms with van der Waals surface area (Å²) in [5.41, 5.74) is 2.27. The van der Waals surface area contributed by atoms with Crippen LogP contribution in [0.3, 0.4) is 0 Å². The van der Waals surface area contributed by atoms with Gasteiger partial charge in [-0.3, -0.25) is 4.90 Å². The normalized spacial score (nSPS) is 14.2. The second-order valence-corrected chi connectivity index (χ2v) is 6.03. The molecule has 1 aromatic carbocycles. The molecule has 0 bridgehead atoms. The summed E-state index contributed by atoms with van der Waals surface area (Å²) in [7, 11) is 2.08. The van der Waals surface area contributed by atoms with E-state index in [9.17, 15) is 5.11 Å². The zero-order chi connectivity index (χ0) is 15.9. The Morgan fingerprint density at radius 3 is 2.45 bits per heavy atom. The van der Waals surface area contributed by atoms with Gasteiger partial charge in [-0.1, -0.05) is 43.7 Å². The maximum atomic E-state index is 10.7. The number of benzene rings is 1. The van der Waals surface area contributed by atoms with Crippen LogP contribution in [0, 0.1) is 0 Å². The van der Waals surface area contributed by atoms with Crippen LogP contribution >= 0.6 is 0 Å². The third-order valence-corrected chi connectivity index (χ3v) is 4.39. The molecule has 0 saturated carbocycles. The lowest BCUT2D eigenvalue weighted by molar-refractivity contribution is 0.0511. The van der Waals surface area contributed by atoms with Crippen LogP contribution in [0.1, 0.15) is 44.1 Å². The van der Waals surface area contributed by atoms with Gasteiger partial charge in [-0.2, -0.15) is 0 Å². The third kappa shape index (κ3) is 4.21. The van der Waals surface area contributed by atoms with E-state index in [0.29, 0.717) is 0 Å². The quantitative estimate of drug-likeness (QED) is 0.804. The van der Waals surface area contributed by atoms with Crippen LogP contribution in [0.4, 0.5) is 0 Å². The summed E-state index contributed by atoms with van der Waals surface area (Å²) in [4.78, 5) is 2.39. The summed E-state index contributed by atoms with van der Waals surface area (Å²) in [5.74, 6) is 0. The van der Waals surface area contributed by atoms with Gasteiger partial charge in [0.2, 0.25) is 0 Å². The molecule has 1 aromatic heterocycles. The van der Waals surface area contributed by atoms with Gasteiger partial charge < -0.3 is 9.67 Å². The largest absolute Gasteiger partial charge is 0.387 e. The van der Waals surface area contributed by atoms with Crippen LogP contribution in [0.15, 0.2) is 48.7 Å². The number of rotatable bonds is 8. The molecule has 0 fully saturated rings. The molecule has 0 radical (unpaired) electrons. The van der Waals surface area contributed by atoms with Gasteiger partial charge in [-0.25, -0.2) is 0 Å². The summed E-state index contributed by atoms with van der Waals surface area (Å²) in [5, 5.41) is 10.7. The molecule has 0 saturated heterocycles. The van der Waals surface area contributed by atoms with Crippen molar-refractivity contribution in [3.63, 3.8) is 0 Å². The molecule has 120 valence electrons. The number of nitrogens with zero attached hydrogens (tertiary/aromatic N) is 2. The summed E-state index contributed by atoms with van der Waals surface area (Å²) in [6.45, 7) is 6.20. The van der Waals surface area contributed by atoms with Crippen molar-refractivity contribution in [2.24, 2.45) is 7.05 Å². The minimum absolute atomic E-state index is 0.0869. The van der Waals surface area contributed by atoms with E-state index in [0.717, 1.165) is 31.5 Å². The number of aromatic nitrogens is 1. The molecular weight excluding hydrogens is 272 g/mol. The van der Waals surface area contributed by atoms with Crippen LogP contribution in [-0.2, 0) is 13.6 Å². The minimum Gasteiger partial charge on any atom is -0.387 e. The first-order chi connectivity index (χ1) is 10.6. The summed E-state index contributed by atoms with van der Waals surface area (Å²) in [6.07, 6.45) is 3.93. The third-order valence-electron chi connectivity index (χ3n) is 4.39. The Bertz CT molecular complexity index is 550. The van der Waals surface area contributed by atoms with Crippen molar-refractivity contribution in [2.45, 2.75) is 45.4 Å². The van der Waals surface area contributed by atoms with Crippen molar-refractivity contribution in [3.8, 4) is 0 Å². The maximum absolute atomic E-state index is 10.7. The van der Waals surface area contributed by atoms with Gasteiger partial charge in [0.25, 0.3) is 0 Å². The Labute approximate surface area is 134 Å². The van der Waals surface area contributed by atoms with Crippen LogP contribution in [0.5, 0.6) is 0 Å². The van der Waals surface area contributed by atoms with Crippen molar-refractivity contribution in [2.75, 3.05) is 6.54 Å². The van der Waals surface area contributed by atoms with E-state index in [-0.39, 0.29) is 6.04 Å². The van der Waals surface area contributed by atoms with Gasteiger partial charge in [0, 0.05) is 31.5 Å². The molecule has 0 aliphatic rings. The molecule has 0 aliphatic heterocycles. The summed E-state index contributed by atoms with van der Waals surface area (Å²) >= 11 is 0. The number of hydrogen-bond donors (Lipinski definition) is 1. The molecule has 1 N–H and O–H groups in total. The number of aliphatic hydroxyl groups is 1. The first-order valence-electron chi connectivity index (χ1n) is 8.20. The van der Waals surface area contributed by atoms with Crippen LogP contribution in [0.2, 0.25) is 0 Å². The van der Waals surface area contributed by atoms with Gasteiger partial charge in [0.05, 0.1) is 6.10 Å². The second-order valence-electron chi connectivity index (χ2n) is 6.03. The topological polar surface area (TPSA) is 28.4 Å². The predicted molar refractivity (Wildman–Crippen MR) is 91.6 cm³/mol. The molecule has 2 rings (SSSR count). The van der Waals surface area contributed by atoms with Crippen LogP contribution in [0.25, 0.3) is 0 Å². The lowest BCUT2D eigenvalue weighted by Crippen LogP contribution is -2.38. The van der Waals surface area contributed by atoms with E-state index in [2.05, 4.69) is 48.7 Å². The van der Waals surface area contributed by atoms with Crippen molar-refractivity contribution < 1.29 is 5.11 Å². The Morgan fingerprint density at radius 2 is 1.86 bits per heavy atom. The van der Waals surface area contributed by atoms with Crippen molar-refractivity contribution in [1.82, 2.24) is 9.47 Å². The van der Waals surface area contributed by atoms with E-state index < -0.39 is 6.10 Å². The van der Waals surface area contributed by atoms with Gasteiger partial charge in [0.1, 0.15) is 0 Å². The Balaban J connectivity index is 2.11. The van der Waals surface area contributed by atoms with E-state index >= 15 is 0 Å². The monoisotopic (exact) mass is 300 g/mol. The molecule has 0 amide bonds. The van der Waals surface area contributed by atoms with Gasteiger partial charge in [-0.05, 0) is 37.6 Å². The molecule has 2 aromatic rings. The first-order valence-corrected chi connectivity index (χ1v) is 8.20. The Hall–Kier alpha value is -1.58. The van der Waals surface area contributed by atoms with Crippen LogP contribution in [-0.4, -0.2) is 27.2 Å². The van der Waals surface area contributed by atoms with Crippen molar-refractivity contribution >= 4 is 0 Å². The first kappa shape index (κ1) is 16.8. The average molecular weight is 300 g/mol. The van der Waals surface area contributed by atoms with Crippen molar-refractivity contribution in [3.05, 3.63) is 59.9 Å². The number of unbranched alkanes of at least 4 members (excludes halogenated alkanes) is 1. The van der Waals surface area contributed by atoms with Crippen molar-refractivity contribution in [1.29, 1.82) is 0 Å². The van der Waals surface area contributed by atoms with E-state index in [1.54, 1.807) is 0 Å². The molecule has 0 unspecified atom stereocenters. The van der Waals surface area contributed by atoms with E-state index in [4.69, 9.17) is 0 Å². The van der Waals surface area contributed by atoms with Gasteiger partial charge in [0.15, 0.2) is 0 Å². The second kappa shape index (κ2) is 8.16. The van der Waals surface area contributed by atoms with Crippen LogP contribution < -0.4 is 0 Å². The molecule has 1 heterocycles. The summed E-state index contributed by atoms with van der Waals surface area (Å²) < 4.78 is 2.15. The fourth-order valence-electron chi connectivity index (χ4n) is 2.79. The highest BCUT2D eigenvalue weighted by Gasteiger charge is 2.23. The maximum Gasteiger partial charge on any atom is 0.0942 e. The zero-order valence-corrected chi connectivity index (χ0v) is 13.9. The fourth-order valence-corrected chi connectivity index (χ4v) is 2.79. The highest BCUT2D eigenvalue weighted by Crippen LogP contribution is 2.22. The molecule has 3 nitrogen and oxygen atoms in total. The predicted octanol–water partition coefficient (Wildman–Crippen LogP) is 3.75. The minimum atomic E-state index is -0.460. The van der Waals surface area contributed by atoms with E-state index in [1.165, 1.54) is 5.69 Å². The van der Waals surface area contributed by atoms with Gasteiger partial charge in [-0.15, -0.1) is 0 Å². The standard InChI is InChI=1S/C19H28N2O/c1-4-5-14-21(15-18-12-9-13-20(18)3)16(2)19(22)17-10-7-6-8-11-17/h6-13,16,19,22H,4-5,14-15H2,1-3H3/t16-,19-/m0/s1.